The highest BCUT2D eigenvalue weighted by Gasteiger charge is 2.34. The molecule has 9 nitrogen and oxygen atoms in total. The van der Waals surface area contributed by atoms with Gasteiger partial charge in [0.05, 0.1) is 12.2 Å². The minimum Gasteiger partial charge on any atom is -0.337 e. The van der Waals surface area contributed by atoms with Gasteiger partial charge in [0.25, 0.3) is 11.8 Å². The van der Waals surface area contributed by atoms with Gasteiger partial charge in [-0.15, -0.1) is 5.10 Å². The maximum absolute atomic E-state index is 13.9. The Kier molecular flexibility index (Phi) is 4.95. The molecule has 11 heteroatoms. The molecule has 1 saturated carbocycles. The lowest BCUT2D eigenvalue weighted by Crippen LogP contribution is -2.47. The van der Waals surface area contributed by atoms with E-state index in [9.17, 15) is 18.4 Å². The second-order valence-corrected chi connectivity index (χ2v) is 8.14. The smallest absolute Gasteiger partial charge is 0.291 e. The number of aromatic nitrogens is 5. The van der Waals surface area contributed by atoms with E-state index in [1.165, 1.54) is 22.0 Å². The Morgan fingerprint density at radius 1 is 1.19 bits per heavy atom. The highest BCUT2D eigenvalue weighted by Crippen LogP contribution is 2.40. The van der Waals surface area contributed by atoms with Gasteiger partial charge in [-0.3, -0.25) is 14.5 Å². The number of carbonyl (C=O) groups excluding carboxylic acids is 2. The number of amides is 2. The Morgan fingerprint density at radius 2 is 2.00 bits per heavy atom. The number of hydrogen-bond donors (Lipinski definition) is 1. The Balaban J connectivity index is 1.26. The molecule has 5 rings (SSSR count). The highest BCUT2D eigenvalue weighted by atomic mass is 19.1. The third-order valence-electron chi connectivity index (χ3n) is 5.77. The van der Waals surface area contributed by atoms with Crippen LogP contribution in [0.15, 0.2) is 30.6 Å². The fourth-order valence-corrected chi connectivity index (χ4v) is 3.82. The highest BCUT2D eigenvalue weighted by molar-refractivity contribution is 6.00. The summed E-state index contributed by atoms with van der Waals surface area (Å²) in [5, 5.41) is 11.4. The first-order chi connectivity index (χ1) is 15.4. The molecule has 166 valence electrons. The zero-order chi connectivity index (χ0) is 22.4. The lowest BCUT2D eigenvalue weighted by molar-refractivity contribution is -0.120. The molecule has 1 aliphatic carbocycles. The van der Waals surface area contributed by atoms with Crippen LogP contribution in [0.5, 0.6) is 0 Å². The molecule has 0 unspecified atom stereocenters. The van der Waals surface area contributed by atoms with Crippen molar-refractivity contribution in [1.82, 2.24) is 29.9 Å². The van der Waals surface area contributed by atoms with Crippen LogP contribution in [0, 0.1) is 11.6 Å². The zero-order valence-corrected chi connectivity index (χ0v) is 17.3. The molecule has 2 amide bonds. The average Bonchev–Trinajstić information content (AvgIpc) is 3.38. The van der Waals surface area contributed by atoms with E-state index in [0.717, 1.165) is 36.5 Å². The predicted molar refractivity (Wildman–Crippen MR) is 109 cm³/mol. The molecule has 1 atom stereocenters. The van der Waals surface area contributed by atoms with Crippen LogP contribution < -0.4 is 10.2 Å². The van der Waals surface area contributed by atoms with Crippen molar-refractivity contribution >= 4 is 17.6 Å². The van der Waals surface area contributed by atoms with Crippen molar-refractivity contribution in [3.8, 4) is 0 Å². The first-order valence-electron chi connectivity index (χ1n) is 10.4. The summed E-state index contributed by atoms with van der Waals surface area (Å²) < 4.78 is 30.0. The first-order valence-corrected chi connectivity index (χ1v) is 10.4. The summed E-state index contributed by atoms with van der Waals surface area (Å²) in [7, 11) is 1.67. The summed E-state index contributed by atoms with van der Waals surface area (Å²) in [6.45, 7) is 0.483. The van der Waals surface area contributed by atoms with E-state index >= 15 is 0 Å². The standard InChI is InChI=1S/C21H21F2N7O2/c1-28-18-9-17(12-2-3-12)26-30(18)7-6-16(21(28)32)25-20(31)19-24-11-29(27-19)10-13-4-5-14(22)8-15(13)23/h4-5,8-9,11-12,16H,2-3,6-7,10H2,1H3,(H,25,31)/t16-/m1/s1. The van der Waals surface area contributed by atoms with E-state index in [1.54, 1.807) is 7.05 Å². The maximum atomic E-state index is 13.9. The van der Waals surface area contributed by atoms with Crippen LogP contribution in [0.25, 0.3) is 0 Å². The molecule has 1 N–H and O–H groups in total. The summed E-state index contributed by atoms with van der Waals surface area (Å²) in [5.74, 6) is -1.16. The molecular formula is C21H21F2N7O2. The quantitative estimate of drug-likeness (QED) is 0.652. The molecule has 1 aromatic carbocycles. The largest absolute Gasteiger partial charge is 0.337 e. The van der Waals surface area contributed by atoms with Crippen LogP contribution in [0.3, 0.4) is 0 Å². The van der Waals surface area contributed by atoms with Gasteiger partial charge in [-0.1, -0.05) is 6.07 Å². The van der Waals surface area contributed by atoms with E-state index in [1.807, 2.05) is 10.7 Å². The second kappa shape index (κ2) is 7.81. The molecule has 2 aliphatic rings. The number of nitrogens with one attached hydrogen (secondary N) is 1. The summed E-state index contributed by atoms with van der Waals surface area (Å²) in [6.07, 6.45) is 3.92. The van der Waals surface area contributed by atoms with Gasteiger partial charge in [-0.2, -0.15) is 5.10 Å². The van der Waals surface area contributed by atoms with Crippen molar-refractivity contribution in [1.29, 1.82) is 0 Å². The topological polar surface area (TPSA) is 97.9 Å². The van der Waals surface area contributed by atoms with Crippen molar-refractivity contribution in [2.75, 3.05) is 11.9 Å². The predicted octanol–water partition coefficient (Wildman–Crippen LogP) is 1.84. The number of nitrogens with zero attached hydrogens (tertiary/aromatic N) is 6. The normalized spacial score (nSPS) is 18.4. The minimum atomic E-state index is -0.750. The fourth-order valence-electron chi connectivity index (χ4n) is 3.82. The molecule has 3 aromatic rings. The lowest BCUT2D eigenvalue weighted by Gasteiger charge is -2.19. The monoisotopic (exact) mass is 441 g/mol. The van der Waals surface area contributed by atoms with Gasteiger partial charge in [0, 0.05) is 37.2 Å². The Morgan fingerprint density at radius 3 is 2.75 bits per heavy atom. The zero-order valence-electron chi connectivity index (χ0n) is 17.3. The molecular weight excluding hydrogens is 420 g/mol. The van der Waals surface area contributed by atoms with Gasteiger partial charge < -0.3 is 5.32 Å². The number of benzene rings is 1. The number of anilines is 1. The third-order valence-corrected chi connectivity index (χ3v) is 5.77. The van der Waals surface area contributed by atoms with Crippen molar-refractivity contribution in [2.24, 2.45) is 0 Å². The van der Waals surface area contributed by atoms with Crippen LogP contribution in [-0.4, -0.2) is 49.4 Å². The van der Waals surface area contributed by atoms with Crippen molar-refractivity contribution in [3.63, 3.8) is 0 Å². The van der Waals surface area contributed by atoms with Crippen LogP contribution in [0.4, 0.5) is 14.6 Å². The second-order valence-electron chi connectivity index (χ2n) is 8.14. The van der Waals surface area contributed by atoms with E-state index in [0.29, 0.717) is 18.9 Å². The molecule has 0 spiro atoms. The van der Waals surface area contributed by atoms with E-state index in [-0.39, 0.29) is 23.8 Å². The maximum Gasteiger partial charge on any atom is 0.291 e. The minimum absolute atomic E-state index is 0.0120. The molecule has 0 radical (unpaired) electrons. The molecule has 1 aliphatic heterocycles. The number of rotatable bonds is 5. The third kappa shape index (κ3) is 3.85. The lowest BCUT2D eigenvalue weighted by atomic mass is 10.2. The van der Waals surface area contributed by atoms with E-state index in [2.05, 4.69) is 20.5 Å². The van der Waals surface area contributed by atoms with Gasteiger partial charge in [-0.05, 0) is 25.3 Å². The van der Waals surface area contributed by atoms with Crippen LogP contribution in [-0.2, 0) is 17.9 Å². The molecule has 32 heavy (non-hydrogen) atoms. The fraction of sp³-hybridized carbons (Fsp3) is 0.381. The number of fused-ring (bicyclic) bond motifs is 1. The van der Waals surface area contributed by atoms with Gasteiger partial charge in [0.15, 0.2) is 0 Å². The summed E-state index contributed by atoms with van der Waals surface area (Å²) in [4.78, 5) is 31.1. The molecule has 0 saturated heterocycles. The molecule has 1 fully saturated rings. The van der Waals surface area contributed by atoms with Crippen LogP contribution in [0.1, 0.15) is 47.1 Å². The Bertz CT molecular complexity index is 1200. The number of hydrogen-bond acceptors (Lipinski definition) is 5. The van der Waals surface area contributed by atoms with Gasteiger partial charge in [0.2, 0.25) is 5.82 Å². The van der Waals surface area contributed by atoms with Crippen molar-refractivity contribution in [2.45, 2.75) is 44.3 Å². The van der Waals surface area contributed by atoms with E-state index < -0.39 is 23.6 Å². The van der Waals surface area contributed by atoms with Gasteiger partial charge in [0.1, 0.15) is 29.8 Å². The first kappa shape index (κ1) is 20.3. The summed E-state index contributed by atoms with van der Waals surface area (Å²) in [5.41, 5.74) is 1.22. The van der Waals surface area contributed by atoms with Crippen LogP contribution >= 0.6 is 0 Å². The van der Waals surface area contributed by atoms with Crippen molar-refractivity contribution in [3.05, 3.63) is 59.3 Å². The number of carbonyl (C=O) groups is 2. The molecule has 2 aromatic heterocycles. The summed E-state index contributed by atoms with van der Waals surface area (Å²) in [6, 6.07) is 4.43. The van der Waals surface area contributed by atoms with Gasteiger partial charge in [-0.25, -0.2) is 23.1 Å². The Labute approximate surface area is 182 Å². The van der Waals surface area contributed by atoms with Gasteiger partial charge >= 0.3 is 0 Å². The number of halogens is 2. The van der Waals surface area contributed by atoms with Crippen LogP contribution in [0.2, 0.25) is 0 Å². The van der Waals surface area contributed by atoms with E-state index in [4.69, 9.17) is 0 Å². The average molecular weight is 441 g/mol. The number of likely N-dealkylation sites (N-methyl/N-ethyl adjacent to an activating group) is 1. The summed E-state index contributed by atoms with van der Waals surface area (Å²) >= 11 is 0. The number of aryl methyl sites for hydroxylation is 1. The molecule has 0 bridgehead atoms. The van der Waals surface area contributed by atoms with Crippen molar-refractivity contribution < 1.29 is 18.4 Å². The SMILES string of the molecule is CN1C(=O)[C@H](NC(=O)c2ncn(Cc3ccc(F)cc3F)n2)CCn2nc(C3CC3)cc21. The molecule has 3 heterocycles. The Hall–Kier alpha value is -3.63.